The first-order valence-corrected chi connectivity index (χ1v) is 9.54. The number of nitrogens with one attached hydrogen (secondary N) is 1. The van der Waals surface area contributed by atoms with Gasteiger partial charge in [-0.25, -0.2) is 0 Å². The molecule has 1 aliphatic heterocycles. The van der Waals surface area contributed by atoms with Crippen LogP contribution in [-0.4, -0.2) is 35.8 Å². The highest BCUT2D eigenvalue weighted by molar-refractivity contribution is 5.85. The lowest BCUT2D eigenvalue weighted by Crippen LogP contribution is -2.49. The van der Waals surface area contributed by atoms with E-state index in [2.05, 4.69) is 26.1 Å². The molecule has 2 aliphatic rings. The monoisotopic (exact) mass is 322 g/mol. The predicted octanol–water partition coefficient (Wildman–Crippen LogP) is 3.36. The molecule has 23 heavy (non-hydrogen) atoms. The Bertz CT molecular complexity index is 408. The van der Waals surface area contributed by atoms with Crippen molar-refractivity contribution in [1.82, 2.24) is 10.2 Å². The van der Waals surface area contributed by atoms with Gasteiger partial charge in [0.2, 0.25) is 11.8 Å². The van der Waals surface area contributed by atoms with Crippen LogP contribution in [0.2, 0.25) is 0 Å². The van der Waals surface area contributed by atoms with Crippen LogP contribution in [0.3, 0.4) is 0 Å². The van der Waals surface area contributed by atoms with Gasteiger partial charge in [0.15, 0.2) is 0 Å². The van der Waals surface area contributed by atoms with Crippen molar-refractivity contribution in [2.45, 2.75) is 78.2 Å². The summed E-state index contributed by atoms with van der Waals surface area (Å²) in [5.41, 5.74) is 0. The largest absolute Gasteiger partial charge is 0.352 e. The van der Waals surface area contributed by atoms with E-state index in [-0.39, 0.29) is 24.4 Å². The van der Waals surface area contributed by atoms with Crippen molar-refractivity contribution in [3.8, 4) is 0 Å². The summed E-state index contributed by atoms with van der Waals surface area (Å²) < 4.78 is 0. The quantitative estimate of drug-likeness (QED) is 0.863. The Balaban J connectivity index is 1.89. The lowest BCUT2D eigenvalue weighted by atomic mass is 9.74. The normalized spacial score (nSPS) is 30.0. The lowest BCUT2D eigenvalue weighted by Gasteiger charge is -2.38. The highest BCUT2D eigenvalue weighted by Crippen LogP contribution is 2.33. The molecule has 2 amide bonds. The number of rotatable bonds is 4. The third kappa shape index (κ3) is 5.50. The van der Waals surface area contributed by atoms with Crippen LogP contribution in [0, 0.1) is 17.8 Å². The van der Waals surface area contributed by atoms with Gasteiger partial charge in [-0.15, -0.1) is 0 Å². The molecule has 0 bridgehead atoms. The minimum absolute atomic E-state index is 0.0312. The Hall–Kier alpha value is -1.06. The van der Waals surface area contributed by atoms with Crippen LogP contribution < -0.4 is 5.32 Å². The van der Waals surface area contributed by atoms with E-state index >= 15 is 0 Å². The van der Waals surface area contributed by atoms with Crippen molar-refractivity contribution < 1.29 is 9.59 Å². The second kappa shape index (κ2) is 8.70. The zero-order valence-corrected chi connectivity index (χ0v) is 15.1. The number of nitrogens with zero attached hydrogens (tertiary/aromatic N) is 1. The first-order chi connectivity index (χ1) is 11.0. The minimum Gasteiger partial charge on any atom is -0.352 e. The smallest absolute Gasteiger partial charge is 0.239 e. The molecular formula is C19H34N2O2. The third-order valence-electron chi connectivity index (χ3n) is 5.62. The van der Waals surface area contributed by atoms with Crippen LogP contribution in [0.5, 0.6) is 0 Å². The van der Waals surface area contributed by atoms with E-state index in [0.717, 1.165) is 32.2 Å². The van der Waals surface area contributed by atoms with Gasteiger partial charge in [-0.05, 0) is 43.4 Å². The number of hydrogen-bond donors (Lipinski definition) is 1. The van der Waals surface area contributed by atoms with E-state index in [1.807, 2.05) is 0 Å². The van der Waals surface area contributed by atoms with Crippen LogP contribution >= 0.6 is 0 Å². The van der Waals surface area contributed by atoms with Gasteiger partial charge in [-0.1, -0.05) is 40.0 Å². The first kappa shape index (κ1) is 18.3. The molecule has 4 nitrogen and oxygen atoms in total. The van der Waals surface area contributed by atoms with Crippen LogP contribution in [0.25, 0.3) is 0 Å². The Kier molecular flexibility index (Phi) is 6.91. The molecule has 0 aromatic heterocycles. The van der Waals surface area contributed by atoms with E-state index in [1.54, 1.807) is 4.90 Å². The summed E-state index contributed by atoms with van der Waals surface area (Å²) in [6, 6.07) is 0.274. The topological polar surface area (TPSA) is 49.4 Å². The summed E-state index contributed by atoms with van der Waals surface area (Å²) in [4.78, 5) is 26.4. The van der Waals surface area contributed by atoms with Crippen molar-refractivity contribution in [1.29, 1.82) is 0 Å². The molecular weight excluding hydrogens is 288 g/mol. The Morgan fingerprint density at radius 3 is 2.70 bits per heavy atom. The number of carbonyl (C=O) groups excluding carboxylic acids is 2. The van der Waals surface area contributed by atoms with Crippen LogP contribution in [-0.2, 0) is 9.59 Å². The van der Waals surface area contributed by atoms with E-state index < -0.39 is 0 Å². The minimum atomic E-state index is 0.0312. The Labute approximate surface area is 141 Å². The maximum absolute atomic E-state index is 12.5. The second-order valence-electron chi connectivity index (χ2n) is 7.98. The first-order valence-electron chi connectivity index (χ1n) is 9.54. The third-order valence-corrected chi connectivity index (χ3v) is 5.62. The van der Waals surface area contributed by atoms with Gasteiger partial charge in [-0.3, -0.25) is 9.59 Å². The summed E-state index contributed by atoms with van der Waals surface area (Å²) in [6.45, 7) is 7.76. The van der Waals surface area contributed by atoms with Crippen LogP contribution in [0.1, 0.15) is 72.1 Å². The maximum atomic E-state index is 12.5. The molecule has 0 aromatic carbocycles. The molecule has 3 unspecified atom stereocenters. The lowest BCUT2D eigenvalue weighted by molar-refractivity contribution is -0.137. The van der Waals surface area contributed by atoms with Crippen molar-refractivity contribution in [2.24, 2.45) is 17.8 Å². The second-order valence-corrected chi connectivity index (χ2v) is 7.98. The molecule has 1 saturated carbocycles. The predicted molar refractivity (Wildman–Crippen MR) is 92.9 cm³/mol. The van der Waals surface area contributed by atoms with E-state index in [9.17, 15) is 9.59 Å². The van der Waals surface area contributed by atoms with Crippen molar-refractivity contribution in [3.63, 3.8) is 0 Å². The molecule has 1 aliphatic carbocycles. The van der Waals surface area contributed by atoms with Crippen molar-refractivity contribution >= 4 is 11.8 Å². The van der Waals surface area contributed by atoms with Crippen molar-refractivity contribution in [2.75, 3.05) is 13.1 Å². The average Bonchev–Trinajstić information content (AvgIpc) is 2.47. The summed E-state index contributed by atoms with van der Waals surface area (Å²) in [7, 11) is 0. The zero-order valence-electron chi connectivity index (χ0n) is 15.1. The average molecular weight is 322 g/mol. The summed E-state index contributed by atoms with van der Waals surface area (Å²) in [5.74, 6) is 2.02. The van der Waals surface area contributed by atoms with Gasteiger partial charge in [-0.2, -0.15) is 0 Å². The Morgan fingerprint density at radius 1 is 1.22 bits per heavy atom. The highest BCUT2D eigenvalue weighted by Gasteiger charge is 2.32. The fourth-order valence-electron chi connectivity index (χ4n) is 4.18. The molecule has 2 rings (SSSR count). The number of hydrogen-bond acceptors (Lipinski definition) is 2. The SMILES string of the molecule is CC1CCC(C(C)C)C(NC(=O)CN2CCCCCCC2=O)C1. The molecule has 0 spiro atoms. The van der Waals surface area contributed by atoms with E-state index in [4.69, 9.17) is 0 Å². The number of amides is 2. The summed E-state index contributed by atoms with van der Waals surface area (Å²) >= 11 is 0. The molecule has 1 heterocycles. The molecule has 4 heteroatoms. The number of likely N-dealkylation sites (tertiary alicyclic amines) is 1. The molecule has 3 atom stereocenters. The molecule has 0 radical (unpaired) electrons. The molecule has 132 valence electrons. The van der Waals surface area contributed by atoms with E-state index in [0.29, 0.717) is 24.2 Å². The summed E-state index contributed by atoms with van der Waals surface area (Å²) in [5, 5.41) is 3.25. The highest BCUT2D eigenvalue weighted by atomic mass is 16.2. The maximum Gasteiger partial charge on any atom is 0.239 e. The van der Waals surface area contributed by atoms with E-state index in [1.165, 1.54) is 19.3 Å². The molecule has 1 saturated heterocycles. The fourth-order valence-corrected chi connectivity index (χ4v) is 4.18. The van der Waals surface area contributed by atoms with Crippen LogP contribution in [0.4, 0.5) is 0 Å². The molecule has 1 N–H and O–H groups in total. The van der Waals surface area contributed by atoms with Gasteiger partial charge in [0.05, 0.1) is 6.54 Å². The van der Waals surface area contributed by atoms with Gasteiger partial charge in [0, 0.05) is 19.0 Å². The van der Waals surface area contributed by atoms with Gasteiger partial charge in [0.1, 0.15) is 0 Å². The Morgan fingerprint density at radius 2 is 1.96 bits per heavy atom. The molecule has 0 aromatic rings. The van der Waals surface area contributed by atoms with Crippen LogP contribution in [0.15, 0.2) is 0 Å². The molecule has 2 fully saturated rings. The standard InChI is InChI=1S/C19H34N2O2/c1-14(2)16-10-9-15(3)12-17(16)20-18(22)13-21-11-7-5-4-6-8-19(21)23/h14-17H,4-13H2,1-3H3,(H,20,22). The van der Waals surface area contributed by atoms with Gasteiger partial charge in [0.25, 0.3) is 0 Å². The van der Waals surface area contributed by atoms with Crippen molar-refractivity contribution in [3.05, 3.63) is 0 Å². The zero-order chi connectivity index (χ0) is 16.8. The number of carbonyl (C=O) groups is 2. The van der Waals surface area contributed by atoms with Gasteiger partial charge < -0.3 is 10.2 Å². The summed E-state index contributed by atoms with van der Waals surface area (Å²) in [6.07, 6.45) is 8.43. The van der Waals surface area contributed by atoms with Gasteiger partial charge >= 0.3 is 0 Å². The fraction of sp³-hybridized carbons (Fsp3) is 0.895.